The molecule has 0 aliphatic carbocycles. The van der Waals surface area contributed by atoms with Crippen LogP contribution in [0.4, 0.5) is 0 Å². The molecule has 0 saturated heterocycles. The summed E-state index contributed by atoms with van der Waals surface area (Å²) in [6, 6.07) is 0. The van der Waals surface area contributed by atoms with Crippen LogP contribution in [0.3, 0.4) is 0 Å². The molecule has 0 aromatic heterocycles. The fraction of sp³-hybridized carbons (Fsp3) is 0.900. The molecule has 0 atom stereocenters. The van der Waals surface area contributed by atoms with Crippen molar-refractivity contribution in [2.24, 2.45) is 5.41 Å². The standard InChI is InChI=1S/C10H20O2/c1-5-10(3,4)8-12-7-6-9(2)11/h5-8H2,1-4H3. The second-order valence-electron chi connectivity index (χ2n) is 4.02. The van der Waals surface area contributed by atoms with Crippen LogP contribution in [0.2, 0.25) is 0 Å². The lowest BCUT2D eigenvalue weighted by Gasteiger charge is -2.21. The van der Waals surface area contributed by atoms with Crippen molar-refractivity contribution >= 4 is 5.78 Å². The molecule has 2 nitrogen and oxygen atoms in total. The van der Waals surface area contributed by atoms with Crippen LogP contribution in [-0.2, 0) is 9.53 Å². The summed E-state index contributed by atoms with van der Waals surface area (Å²) >= 11 is 0. The van der Waals surface area contributed by atoms with Gasteiger partial charge in [-0.25, -0.2) is 0 Å². The van der Waals surface area contributed by atoms with Crippen LogP contribution in [0.25, 0.3) is 0 Å². The van der Waals surface area contributed by atoms with Crippen molar-refractivity contribution in [1.82, 2.24) is 0 Å². The van der Waals surface area contributed by atoms with Crippen molar-refractivity contribution in [3.63, 3.8) is 0 Å². The maximum atomic E-state index is 10.6. The van der Waals surface area contributed by atoms with Gasteiger partial charge >= 0.3 is 0 Å². The van der Waals surface area contributed by atoms with E-state index in [-0.39, 0.29) is 11.2 Å². The van der Waals surface area contributed by atoms with Crippen molar-refractivity contribution in [2.45, 2.75) is 40.5 Å². The van der Waals surface area contributed by atoms with E-state index in [4.69, 9.17) is 4.74 Å². The zero-order valence-corrected chi connectivity index (χ0v) is 8.64. The van der Waals surface area contributed by atoms with Gasteiger partial charge in [0.2, 0.25) is 0 Å². The summed E-state index contributed by atoms with van der Waals surface area (Å²) in [6.07, 6.45) is 1.65. The highest BCUT2D eigenvalue weighted by Crippen LogP contribution is 2.19. The van der Waals surface area contributed by atoms with Crippen molar-refractivity contribution < 1.29 is 9.53 Å². The van der Waals surface area contributed by atoms with Crippen LogP contribution < -0.4 is 0 Å². The van der Waals surface area contributed by atoms with Gasteiger partial charge in [0, 0.05) is 6.42 Å². The number of carbonyl (C=O) groups is 1. The summed E-state index contributed by atoms with van der Waals surface area (Å²) in [6.45, 7) is 9.39. The number of hydrogen-bond acceptors (Lipinski definition) is 2. The first-order valence-corrected chi connectivity index (χ1v) is 4.55. The molecule has 0 spiro atoms. The predicted octanol–water partition coefficient (Wildman–Crippen LogP) is 2.42. The SMILES string of the molecule is CCC(C)(C)COCCC(C)=O. The minimum atomic E-state index is 0.198. The van der Waals surface area contributed by atoms with Gasteiger partial charge in [0.05, 0.1) is 13.2 Å². The number of hydrogen-bond donors (Lipinski definition) is 0. The molecule has 2 heteroatoms. The summed E-state index contributed by atoms with van der Waals surface area (Å²) in [5.41, 5.74) is 0.247. The predicted molar refractivity (Wildman–Crippen MR) is 50.2 cm³/mol. The molecule has 0 unspecified atom stereocenters. The number of Topliss-reactive ketones (excluding diaryl/α,β-unsaturated/α-hetero) is 1. The second kappa shape index (κ2) is 5.31. The summed E-state index contributed by atoms with van der Waals surface area (Å²) in [7, 11) is 0. The minimum Gasteiger partial charge on any atom is -0.380 e. The number of ether oxygens (including phenoxy) is 1. The van der Waals surface area contributed by atoms with Crippen molar-refractivity contribution in [3.05, 3.63) is 0 Å². The topological polar surface area (TPSA) is 26.3 Å². The molecule has 0 aliphatic rings. The van der Waals surface area contributed by atoms with Crippen molar-refractivity contribution in [2.75, 3.05) is 13.2 Å². The number of carbonyl (C=O) groups excluding carboxylic acids is 1. The maximum Gasteiger partial charge on any atom is 0.132 e. The molecule has 0 aliphatic heterocycles. The summed E-state index contributed by atoms with van der Waals surface area (Å²) in [4.78, 5) is 10.6. The van der Waals surface area contributed by atoms with Crippen molar-refractivity contribution in [1.29, 1.82) is 0 Å². The first-order chi connectivity index (χ1) is 5.48. The van der Waals surface area contributed by atoms with Crippen LogP contribution in [0.15, 0.2) is 0 Å². The van der Waals surface area contributed by atoms with E-state index in [1.54, 1.807) is 6.92 Å². The maximum absolute atomic E-state index is 10.6. The van der Waals surface area contributed by atoms with E-state index in [9.17, 15) is 4.79 Å². The van der Waals surface area contributed by atoms with E-state index in [2.05, 4.69) is 20.8 Å². The Labute approximate surface area is 75.3 Å². The number of ketones is 1. The highest BCUT2D eigenvalue weighted by atomic mass is 16.5. The monoisotopic (exact) mass is 172 g/mol. The van der Waals surface area contributed by atoms with Gasteiger partial charge in [0.25, 0.3) is 0 Å². The van der Waals surface area contributed by atoms with Crippen LogP contribution in [0, 0.1) is 5.41 Å². The van der Waals surface area contributed by atoms with Gasteiger partial charge in [0.15, 0.2) is 0 Å². The lowest BCUT2D eigenvalue weighted by Crippen LogP contribution is -2.18. The molecule has 0 rings (SSSR count). The van der Waals surface area contributed by atoms with Crippen LogP contribution in [0.1, 0.15) is 40.5 Å². The van der Waals surface area contributed by atoms with Gasteiger partial charge in [-0.05, 0) is 18.8 Å². The van der Waals surface area contributed by atoms with E-state index in [1.165, 1.54) is 0 Å². The molecule has 0 fully saturated rings. The van der Waals surface area contributed by atoms with E-state index >= 15 is 0 Å². The molecule has 0 heterocycles. The molecule has 0 saturated carbocycles. The van der Waals surface area contributed by atoms with Gasteiger partial charge in [-0.3, -0.25) is 4.79 Å². The summed E-state index contributed by atoms with van der Waals surface area (Å²) < 4.78 is 5.38. The summed E-state index contributed by atoms with van der Waals surface area (Å²) in [5.74, 6) is 0.198. The average Bonchev–Trinajstić information content (AvgIpc) is 1.98. The van der Waals surface area contributed by atoms with Crippen LogP contribution in [-0.4, -0.2) is 19.0 Å². The molecule has 0 aromatic carbocycles. The Hall–Kier alpha value is -0.370. The lowest BCUT2D eigenvalue weighted by molar-refractivity contribution is -0.118. The quantitative estimate of drug-likeness (QED) is 0.575. The van der Waals surface area contributed by atoms with Crippen LogP contribution >= 0.6 is 0 Å². The van der Waals surface area contributed by atoms with E-state index < -0.39 is 0 Å². The fourth-order valence-electron chi connectivity index (χ4n) is 0.666. The highest BCUT2D eigenvalue weighted by Gasteiger charge is 2.14. The molecule has 0 amide bonds. The number of rotatable bonds is 6. The molecular weight excluding hydrogens is 152 g/mol. The smallest absolute Gasteiger partial charge is 0.132 e. The van der Waals surface area contributed by atoms with Crippen LogP contribution in [0.5, 0.6) is 0 Å². The molecule has 0 aromatic rings. The van der Waals surface area contributed by atoms with E-state index in [0.717, 1.165) is 13.0 Å². The van der Waals surface area contributed by atoms with E-state index in [0.29, 0.717) is 13.0 Å². The third-order valence-corrected chi connectivity index (χ3v) is 2.05. The Kier molecular flexibility index (Phi) is 5.14. The lowest BCUT2D eigenvalue weighted by atomic mass is 9.92. The Balaban J connectivity index is 3.37. The first-order valence-electron chi connectivity index (χ1n) is 4.55. The van der Waals surface area contributed by atoms with Crippen molar-refractivity contribution in [3.8, 4) is 0 Å². The second-order valence-corrected chi connectivity index (χ2v) is 4.02. The fourth-order valence-corrected chi connectivity index (χ4v) is 0.666. The Morgan fingerprint density at radius 3 is 2.42 bits per heavy atom. The first kappa shape index (κ1) is 11.6. The zero-order valence-electron chi connectivity index (χ0n) is 8.64. The third-order valence-electron chi connectivity index (χ3n) is 2.05. The van der Waals surface area contributed by atoms with Gasteiger partial charge < -0.3 is 4.74 Å². The Morgan fingerprint density at radius 2 is 2.00 bits per heavy atom. The zero-order chi connectivity index (χ0) is 9.61. The van der Waals surface area contributed by atoms with E-state index in [1.807, 2.05) is 0 Å². The van der Waals surface area contributed by atoms with Gasteiger partial charge in [-0.15, -0.1) is 0 Å². The molecule has 12 heavy (non-hydrogen) atoms. The minimum absolute atomic E-state index is 0.198. The molecule has 72 valence electrons. The molecule has 0 radical (unpaired) electrons. The molecule has 0 bridgehead atoms. The largest absolute Gasteiger partial charge is 0.380 e. The Morgan fingerprint density at radius 1 is 1.42 bits per heavy atom. The van der Waals surface area contributed by atoms with Gasteiger partial charge in [0.1, 0.15) is 5.78 Å². The molecular formula is C10H20O2. The third kappa shape index (κ3) is 6.35. The normalized spacial score (nSPS) is 11.7. The highest BCUT2D eigenvalue weighted by molar-refractivity contribution is 5.75. The van der Waals surface area contributed by atoms with Gasteiger partial charge in [-0.1, -0.05) is 20.8 Å². The molecule has 0 N–H and O–H groups in total. The average molecular weight is 172 g/mol. The summed E-state index contributed by atoms with van der Waals surface area (Å²) in [5, 5.41) is 0. The Bertz CT molecular complexity index is 139. The van der Waals surface area contributed by atoms with Gasteiger partial charge in [-0.2, -0.15) is 0 Å².